The minimum Gasteiger partial charge on any atom is -0.267 e. The maximum atomic E-state index is 12.7. The Morgan fingerprint density at radius 1 is 1.25 bits per heavy atom. The Balaban J connectivity index is 2.10. The highest BCUT2D eigenvalue weighted by molar-refractivity contribution is 7.99. The van der Waals surface area contributed by atoms with Crippen LogP contribution in [0.15, 0.2) is 63.6 Å². The SMILES string of the molecule is Cc1ccc(C=Nn2c(SCC#N)nc3ccccc3c2=O)cc1. The van der Waals surface area contributed by atoms with E-state index < -0.39 is 0 Å². The average Bonchev–Trinajstić information content (AvgIpc) is 2.61. The molecule has 1 aromatic heterocycles. The lowest BCUT2D eigenvalue weighted by Gasteiger charge is -2.07. The topological polar surface area (TPSA) is 71.0 Å². The van der Waals surface area contributed by atoms with Crippen molar-refractivity contribution in [1.82, 2.24) is 9.66 Å². The van der Waals surface area contributed by atoms with E-state index in [9.17, 15) is 4.79 Å². The van der Waals surface area contributed by atoms with Gasteiger partial charge >= 0.3 is 0 Å². The molecule has 0 fully saturated rings. The van der Waals surface area contributed by atoms with Crippen molar-refractivity contribution in [1.29, 1.82) is 5.26 Å². The van der Waals surface area contributed by atoms with Gasteiger partial charge in [0.1, 0.15) is 0 Å². The van der Waals surface area contributed by atoms with Crippen LogP contribution in [0.3, 0.4) is 0 Å². The van der Waals surface area contributed by atoms with E-state index in [4.69, 9.17) is 5.26 Å². The van der Waals surface area contributed by atoms with Gasteiger partial charge in [0.15, 0.2) is 5.16 Å². The second-order valence-electron chi connectivity index (χ2n) is 5.13. The second-order valence-corrected chi connectivity index (χ2v) is 6.07. The van der Waals surface area contributed by atoms with Crippen LogP contribution < -0.4 is 5.56 Å². The number of rotatable bonds is 4. The van der Waals surface area contributed by atoms with E-state index in [2.05, 4.69) is 10.1 Å². The molecule has 0 unspecified atom stereocenters. The number of para-hydroxylation sites is 1. The summed E-state index contributed by atoms with van der Waals surface area (Å²) in [5.74, 6) is 0.199. The third kappa shape index (κ3) is 3.36. The largest absolute Gasteiger partial charge is 0.282 e. The molecule has 0 saturated heterocycles. The first kappa shape index (κ1) is 16.0. The van der Waals surface area contributed by atoms with Crippen LogP contribution in [0.5, 0.6) is 0 Å². The quantitative estimate of drug-likeness (QED) is 0.417. The average molecular weight is 334 g/mol. The number of nitrogens with zero attached hydrogens (tertiary/aromatic N) is 4. The molecule has 0 radical (unpaired) electrons. The smallest absolute Gasteiger partial charge is 0.267 e. The molecule has 0 amide bonds. The fourth-order valence-electron chi connectivity index (χ4n) is 2.17. The summed E-state index contributed by atoms with van der Waals surface area (Å²) in [4.78, 5) is 17.2. The number of benzene rings is 2. The molecular weight excluding hydrogens is 320 g/mol. The molecule has 0 spiro atoms. The Hall–Kier alpha value is -2.91. The number of nitriles is 1. The summed E-state index contributed by atoms with van der Waals surface area (Å²) in [6.45, 7) is 2.01. The molecule has 1 heterocycles. The third-order valence-corrected chi connectivity index (χ3v) is 4.19. The van der Waals surface area contributed by atoms with Crippen molar-refractivity contribution in [2.24, 2.45) is 5.10 Å². The lowest BCUT2D eigenvalue weighted by molar-refractivity contribution is 0.708. The number of thioether (sulfide) groups is 1. The standard InChI is InChI=1S/C18H14N4OS/c1-13-6-8-14(9-7-13)12-20-22-17(23)15-4-2-3-5-16(15)21-18(22)24-11-10-19/h2-9,12H,11H2,1H3. The van der Waals surface area contributed by atoms with Gasteiger partial charge in [-0.05, 0) is 24.6 Å². The van der Waals surface area contributed by atoms with Gasteiger partial charge in [0.2, 0.25) is 0 Å². The van der Waals surface area contributed by atoms with E-state index in [0.29, 0.717) is 16.1 Å². The predicted octanol–water partition coefficient (Wildman–Crippen LogP) is 3.20. The summed E-state index contributed by atoms with van der Waals surface area (Å²) in [5.41, 5.74) is 2.40. The molecule has 0 saturated carbocycles. The normalized spacial score (nSPS) is 11.0. The molecule has 3 rings (SSSR count). The Morgan fingerprint density at radius 3 is 2.75 bits per heavy atom. The molecule has 2 aromatic carbocycles. The van der Waals surface area contributed by atoms with E-state index in [0.717, 1.165) is 11.1 Å². The van der Waals surface area contributed by atoms with E-state index in [1.807, 2.05) is 43.3 Å². The monoisotopic (exact) mass is 334 g/mol. The Labute approximate surface area is 143 Å². The van der Waals surface area contributed by atoms with E-state index >= 15 is 0 Å². The van der Waals surface area contributed by atoms with Crippen molar-refractivity contribution >= 4 is 28.9 Å². The number of hydrogen-bond donors (Lipinski definition) is 0. The highest BCUT2D eigenvalue weighted by Gasteiger charge is 2.10. The molecule has 0 aliphatic heterocycles. The Kier molecular flexibility index (Phi) is 4.73. The first-order chi connectivity index (χ1) is 11.7. The van der Waals surface area contributed by atoms with Gasteiger partial charge in [-0.2, -0.15) is 15.0 Å². The maximum absolute atomic E-state index is 12.7. The zero-order chi connectivity index (χ0) is 16.9. The number of fused-ring (bicyclic) bond motifs is 1. The maximum Gasteiger partial charge on any atom is 0.282 e. The molecule has 0 aliphatic rings. The van der Waals surface area contributed by atoms with Crippen molar-refractivity contribution < 1.29 is 0 Å². The van der Waals surface area contributed by atoms with Crippen LogP contribution in [0.1, 0.15) is 11.1 Å². The summed E-state index contributed by atoms with van der Waals surface area (Å²) in [6, 6.07) is 17.0. The first-order valence-corrected chi connectivity index (χ1v) is 8.30. The van der Waals surface area contributed by atoms with Gasteiger partial charge in [0.25, 0.3) is 5.56 Å². The number of aromatic nitrogens is 2. The van der Waals surface area contributed by atoms with Gasteiger partial charge in [-0.15, -0.1) is 0 Å². The highest BCUT2D eigenvalue weighted by atomic mass is 32.2. The van der Waals surface area contributed by atoms with Gasteiger partial charge in [-0.3, -0.25) is 4.79 Å². The molecule has 118 valence electrons. The van der Waals surface area contributed by atoms with Gasteiger partial charge in [0.05, 0.1) is 28.9 Å². The van der Waals surface area contributed by atoms with E-state index in [1.54, 1.807) is 24.4 Å². The van der Waals surface area contributed by atoms with Crippen LogP contribution in [-0.2, 0) is 0 Å². The molecule has 24 heavy (non-hydrogen) atoms. The summed E-state index contributed by atoms with van der Waals surface area (Å²) in [5, 5.41) is 14.0. The predicted molar refractivity (Wildman–Crippen MR) is 96.5 cm³/mol. The fraction of sp³-hybridized carbons (Fsp3) is 0.111. The zero-order valence-corrected chi connectivity index (χ0v) is 13.8. The summed E-state index contributed by atoms with van der Waals surface area (Å²) in [6.07, 6.45) is 1.62. The molecule has 0 atom stereocenters. The third-order valence-electron chi connectivity index (χ3n) is 3.39. The highest BCUT2D eigenvalue weighted by Crippen LogP contribution is 2.17. The fourth-order valence-corrected chi connectivity index (χ4v) is 2.78. The van der Waals surface area contributed by atoms with E-state index in [1.165, 1.54) is 16.4 Å². The Bertz CT molecular complexity index is 1000. The first-order valence-electron chi connectivity index (χ1n) is 7.31. The Morgan fingerprint density at radius 2 is 2.00 bits per heavy atom. The lowest BCUT2D eigenvalue weighted by atomic mass is 10.2. The summed E-state index contributed by atoms with van der Waals surface area (Å²) in [7, 11) is 0. The zero-order valence-electron chi connectivity index (χ0n) is 13.0. The van der Waals surface area contributed by atoms with Crippen molar-refractivity contribution in [2.75, 3.05) is 5.75 Å². The minimum atomic E-state index is -0.246. The van der Waals surface area contributed by atoms with Crippen molar-refractivity contribution in [3.8, 4) is 6.07 Å². The van der Waals surface area contributed by atoms with Gasteiger partial charge < -0.3 is 0 Å². The van der Waals surface area contributed by atoms with Crippen LogP contribution >= 0.6 is 11.8 Å². The second kappa shape index (κ2) is 7.11. The summed E-state index contributed by atoms with van der Waals surface area (Å²) < 4.78 is 1.25. The van der Waals surface area contributed by atoms with Crippen LogP contribution in [0.4, 0.5) is 0 Å². The van der Waals surface area contributed by atoms with Gasteiger partial charge in [0, 0.05) is 0 Å². The van der Waals surface area contributed by atoms with Crippen LogP contribution in [0.25, 0.3) is 10.9 Å². The summed E-state index contributed by atoms with van der Waals surface area (Å²) >= 11 is 1.19. The number of hydrogen-bond acceptors (Lipinski definition) is 5. The molecule has 5 nitrogen and oxygen atoms in total. The molecule has 6 heteroatoms. The van der Waals surface area contributed by atoms with Crippen LogP contribution in [-0.4, -0.2) is 21.6 Å². The number of aryl methyl sites for hydroxylation is 1. The van der Waals surface area contributed by atoms with Gasteiger partial charge in [-0.1, -0.05) is 53.7 Å². The van der Waals surface area contributed by atoms with Crippen molar-refractivity contribution in [3.05, 3.63) is 70.0 Å². The molecule has 3 aromatic rings. The van der Waals surface area contributed by atoms with Crippen LogP contribution in [0.2, 0.25) is 0 Å². The van der Waals surface area contributed by atoms with Crippen LogP contribution in [0, 0.1) is 18.3 Å². The van der Waals surface area contributed by atoms with Crippen molar-refractivity contribution in [2.45, 2.75) is 12.1 Å². The molecular formula is C18H14N4OS. The van der Waals surface area contributed by atoms with Crippen molar-refractivity contribution in [3.63, 3.8) is 0 Å². The van der Waals surface area contributed by atoms with Gasteiger partial charge in [-0.25, -0.2) is 4.98 Å². The molecule has 0 aliphatic carbocycles. The molecule has 0 N–H and O–H groups in total. The minimum absolute atomic E-state index is 0.199. The molecule has 0 bridgehead atoms. The lowest BCUT2D eigenvalue weighted by Crippen LogP contribution is -2.20. The van der Waals surface area contributed by atoms with E-state index in [-0.39, 0.29) is 11.3 Å².